The second-order valence-electron chi connectivity index (χ2n) is 2.65. The van der Waals surface area contributed by atoms with Crippen molar-refractivity contribution in [1.29, 1.82) is 0 Å². The van der Waals surface area contributed by atoms with Crippen molar-refractivity contribution < 1.29 is 0 Å². The van der Waals surface area contributed by atoms with E-state index in [1.54, 1.807) is 4.68 Å². The van der Waals surface area contributed by atoms with E-state index in [1.165, 1.54) is 11.5 Å². The predicted octanol–water partition coefficient (Wildman–Crippen LogP) is 1.32. The van der Waals surface area contributed by atoms with Gasteiger partial charge in [0.25, 0.3) is 0 Å². The third-order valence-electron chi connectivity index (χ3n) is 1.48. The zero-order valence-electron chi connectivity index (χ0n) is 7.35. The maximum Gasteiger partial charge on any atom is 0.208 e. The largest absolute Gasteiger partial charge is 0.313 e. The summed E-state index contributed by atoms with van der Waals surface area (Å²) in [5.41, 5.74) is 0. The second-order valence-corrected chi connectivity index (χ2v) is 3.40. The maximum absolute atomic E-state index is 4.16. The minimum absolute atomic E-state index is 0.774. The standard InChI is InChI=1S/C7H9N5S/c1-5-8-7(13-11-5)9-6-3-4-12(2)10-6/h3-4H,1-2H3,(H,8,9,10,11). The van der Waals surface area contributed by atoms with Crippen LogP contribution >= 0.6 is 11.5 Å². The molecule has 68 valence electrons. The fourth-order valence-electron chi connectivity index (χ4n) is 0.939. The molecule has 13 heavy (non-hydrogen) atoms. The van der Waals surface area contributed by atoms with Gasteiger partial charge in [0, 0.05) is 30.8 Å². The molecule has 0 aliphatic rings. The molecule has 0 radical (unpaired) electrons. The highest BCUT2D eigenvalue weighted by atomic mass is 32.1. The van der Waals surface area contributed by atoms with Gasteiger partial charge in [0.1, 0.15) is 5.82 Å². The van der Waals surface area contributed by atoms with Gasteiger partial charge in [-0.2, -0.15) is 9.47 Å². The van der Waals surface area contributed by atoms with Crippen LogP contribution in [0, 0.1) is 6.92 Å². The zero-order valence-corrected chi connectivity index (χ0v) is 8.17. The molecule has 0 atom stereocenters. The molecular formula is C7H9N5S. The molecule has 0 fully saturated rings. The van der Waals surface area contributed by atoms with E-state index in [2.05, 4.69) is 19.8 Å². The molecule has 0 bridgehead atoms. The first-order valence-electron chi connectivity index (χ1n) is 3.81. The molecule has 0 aliphatic heterocycles. The highest BCUT2D eigenvalue weighted by Gasteiger charge is 2.01. The summed E-state index contributed by atoms with van der Waals surface area (Å²) in [6, 6.07) is 1.89. The van der Waals surface area contributed by atoms with Crippen molar-refractivity contribution in [1.82, 2.24) is 19.1 Å². The lowest BCUT2D eigenvalue weighted by atomic mass is 10.6. The van der Waals surface area contributed by atoms with E-state index in [0.29, 0.717) is 0 Å². The molecule has 2 rings (SSSR count). The average Bonchev–Trinajstić information content (AvgIpc) is 2.62. The summed E-state index contributed by atoms with van der Waals surface area (Å²) in [6.45, 7) is 1.86. The van der Waals surface area contributed by atoms with Crippen molar-refractivity contribution in [2.75, 3.05) is 5.32 Å². The molecule has 0 amide bonds. The van der Waals surface area contributed by atoms with Gasteiger partial charge in [0.15, 0.2) is 5.82 Å². The third kappa shape index (κ3) is 1.83. The van der Waals surface area contributed by atoms with Crippen molar-refractivity contribution >= 4 is 22.5 Å². The van der Waals surface area contributed by atoms with Gasteiger partial charge in [-0.05, 0) is 6.92 Å². The molecule has 0 unspecified atom stereocenters. The van der Waals surface area contributed by atoms with Crippen molar-refractivity contribution in [3.05, 3.63) is 18.1 Å². The van der Waals surface area contributed by atoms with Crippen LogP contribution in [0.2, 0.25) is 0 Å². The predicted molar refractivity (Wildman–Crippen MR) is 51.1 cm³/mol. The molecule has 0 spiro atoms. The van der Waals surface area contributed by atoms with Gasteiger partial charge < -0.3 is 5.32 Å². The fourth-order valence-corrected chi connectivity index (χ4v) is 1.52. The Morgan fingerprint density at radius 2 is 2.38 bits per heavy atom. The molecule has 5 nitrogen and oxygen atoms in total. The SMILES string of the molecule is Cc1nsc(Nc2ccn(C)n2)n1. The monoisotopic (exact) mass is 195 g/mol. The average molecular weight is 195 g/mol. The van der Waals surface area contributed by atoms with Crippen LogP contribution in [0.4, 0.5) is 10.9 Å². The summed E-state index contributed by atoms with van der Waals surface area (Å²) in [5.74, 6) is 1.57. The van der Waals surface area contributed by atoms with E-state index in [-0.39, 0.29) is 0 Å². The summed E-state index contributed by atoms with van der Waals surface area (Å²) in [5, 5.41) is 7.99. The summed E-state index contributed by atoms with van der Waals surface area (Å²) < 4.78 is 5.79. The highest BCUT2D eigenvalue weighted by molar-refractivity contribution is 7.09. The number of nitrogens with zero attached hydrogens (tertiary/aromatic N) is 4. The van der Waals surface area contributed by atoms with E-state index in [9.17, 15) is 0 Å². The number of anilines is 2. The van der Waals surface area contributed by atoms with Crippen LogP contribution in [0.5, 0.6) is 0 Å². The van der Waals surface area contributed by atoms with Gasteiger partial charge in [0.05, 0.1) is 0 Å². The van der Waals surface area contributed by atoms with E-state index in [0.717, 1.165) is 16.8 Å². The molecular weight excluding hydrogens is 186 g/mol. The highest BCUT2D eigenvalue weighted by Crippen LogP contribution is 2.15. The lowest BCUT2D eigenvalue weighted by Crippen LogP contribution is -1.93. The molecule has 6 heteroatoms. The fraction of sp³-hybridized carbons (Fsp3) is 0.286. The number of hydrogen-bond acceptors (Lipinski definition) is 5. The van der Waals surface area contributed by atoms with Crippen LogP contribution in [0.3, 0.4) is 0 Å². The second kappa shape index (κ2) is 3.14. The Morgan fingerprint density at radius 1 is 1.54 bits per heavy atom. The van der Waals surface area contributed by atoms with Crippen LogP contribution in [0.1, 0.15) is 5.82 Å². The van der Waals surface area contributed by atoms with Crippen LogP contribution in [0.25, 0.3) is 0 Å². The lowest BCUT2D eigenvalue weighted by molar-refractivity contribution is 0.771. The Kier molecular flexibility index (Phi) is 1.97. The summed E-state index contributed by atoms with van der Waals surface area (Å²) in [6.07, 6.45) is 1.87. The molecule has 2 heterocycles. The number of hydrogen-bond donors (Lipinski definition) is 1. The first kappa shape index (κ1) is 8.18. The Morgan fingerprint density at radius 3 is 2.92 bits per heavy atom. The van der Waals surface area contributed by atoms with E-state index < -0.39 is 0 Å². The number of aromatic nitrogens is 4. The molecule has 0 aromatic carbocycles. The van der Waals surface area contributed by atoms with Crippen LogP contribution in [-0.2, 0) is 7.05 Å². The van der Waals surface area contributed by atoms with Crippen LogP contribution < -0.4 is 5.32 Å². The minimum atomic E-state index is 0.774. The zero-order chi connectivity index (χ0) is 9.26. The molecule has 2 aromatic heterocycles. The molecule has 2 aromatic rings. The summed E-state index contributed by atoms with van der Waals surface area (Å²) in [4.78, 5) is 4.16. The van der Waals surface area contributed by atoms with Gasteiger partial charge in [-0.1, -0.05) is 0 Å². The molecule has 0 aliphatic carbocycles. The number of rotatable bonds is 2. The van der Waals surface area contributed by atoms with Gasteiger partial charge in [-0.25, -0.2) is 4.98 Å². The van der Waals surface area contributed by atoms with Crippen molar-refractivity contribution in [3.8, 4) is 0 Å². The van der Waals surface area contributed by atoms with Gasteiger partial charge in [-0.3, -0.25) is 4.68 Å². The quantitative estimate of drug-likeness (QED) is 0.785. The maximum atomic E-state index is 4.16. The van der Waals surface area contributed by atoms with Gasteiger partial charge in [-0.15, -0.1) is 0 Å². The Hall–Kier alpha value is -1.43. The first-order chi connectivity index (χ1) is 6.24. The number of nitrogens with one attached hydrogen (secondary N) is 1. The minimum Gasteiger partial charge on any atom is -0.313 e. The topological polar surface area (TPSA) is 55.6 Å². The third-order valence-corrected chi connectivity index (χ3v) is 2.20. The van der Waals surface area contributed by atoms with Crippen molar-refractivity contribution in [2.24, 2.45) is 7.05 Å². The Balaban J connectivity index is 2.14. The molecule has 0 saturated heterocycles. The van der Waals surface area contributed by atoms with Crippen LogP contribution in [0.15, 0.2) is 12.3 Å². The lowest BCUT2D eigenvalue weighted by Gasteiger charge is -1.93. The summed E-state index contributed by atoms with van der Waals surface area (Å²) >= 11 is 1.33. The first-order valence-corrected chi connectivity index (χ1v) is 4.58. The molecule has 0 saturated carbocycles. The number of aryl methyl sites for hydroxylation is 2. The van der Waals surface area contributed by atoms with Gasteiger partial charge in [0.2, 0.25) is 5.13 Å². The van der Waals surface area contributed by atoms with Gasteiger partial charge >= 0.3 is 0 Å². The van der Waals surface area contributed by atoms with Crippen molar-refractivity contribution in [2.45, 2.75) is 6.92 Å². The van der Waals surface area contributed by atoms with E-state index in [1.807, 2.05) is 26.2 Å². The smallest absolute Gasteiger partial charge is 0.208 e. The van der Waals surface area contributed by atoms with Crippen LogP contribution in [-0.4, -0.2) is 19.1 Å². The summed E-state index contributed by atoms with van der Waals surface area (Å²) in [7, 11) is 1.87. The normalized spacial score (nSPS) is 10.3. The van der Waals surface area contributed by atoms with E-state index >= 15 is 0 Å². The van der Waals surface area contributed by atoms with Crippen molar-refractivity contribution in [3.63, 3.8) is 0 Å². The van der Waals surface area contributed by atoms with E-state index in [4.69, 9.17) is 0 Å². The Labute approximate surface area is 79.6 Å². The molecule has 1 N–H and O–H groups in total. The Bertz CT molecular complexity index is 366.